The zero-order valence-electron chi connectivity index (χ0n) is 12.6. The molecule has 2 rings (SSSR count). The number of carbonyl (C=O) groups excluding carboxylic acids is 1. The van der Waals surface area contributed by atoms with Crippen LogP contribution in [0.5, 0.6) is 0 Å². The first-order valence-electron chi connectivity index (χ1n) is 7.84. The quantitative estimate of drug-likeness (QED) is 0.848. The lowest BCUT2D eigenvalue weighted by molar-refractivity contribution is -0.682. The number of quaternary nitrogens is 1. The van der Waals surface area contributed by atoms with Crippen LogP contribution in [0.15, 0.2) is 30.3 Å². The Hall–Kier alpha value is -1.35. The fourth-order valence-electron chi connectivity index (χ4n) is 2.97. The van der Waals surface area contributed by atoms with E-state index in [1.807, 2.05) is 18.2 Å². The Morgan fingerprint density at radius 2 is 2.00 bits per heavy atom. The molecule has 3 N–H and O–H groups in total. The third kappa shape index (κ3) is 4.34. The molecule has 3 heteroatoms. The van der Waals surface area contributed by atoms with Gasteiger partial charge in [-0.2, -0.15) is 0 Å². The van der Waals surface area contributed by atoms with E-state index >= 15 is 0 Å². The molecule has 0 aromatic heterocycles. The predicted molar refractivity (Wildman–Crippen MR) is 81.2 cm³/mol. The second kappa shape index (κ2) is 7.44. The maximum absolute atomic E-state index is 12.1. The van der Waals surface area contributed by atoms with E-state index in [1.54, 1.807) is 0 Å². The van der Waals surface area contributed by atoms with Gasteiger partial charge in [0.25, 0.3) is 5.91 Å². The van der Waals surface area contributed by atoms with Crippen LogP contribution in [0.3, 0.4) is 0 Å². The minimum atomic E-state index is 0.173. The van der Waals surface area contributed by atoms with Gasteiger partial charge in [-0.15, -0.1) is 0 Å². The van der Waals surface area contributed by atoms with Crippen molar-refractivity contribution in [2.45, 2.75) is 51.6 Å². The van der Waals surface area contributed by atoms with Crippen LogP contribution < -0.4 is 10.6 Å². The number of hydrogen-bond donors (Lipinski definition) is 2. The molecular formula is C17H27N2O+. The molecule has 1 aromatic rings. The molecule has 1 amide bonds. The standard InChI is InChI=1S/C17H26N2O/c1-13-8-6-7-11-16(13)19-17(20)12-18-14(2)15-9-4-3-5-10-15/h3-5,9-10,13-14,16,18H,6-8,11-12H2,1-2H3,(H,19,20)/p+1/t13-,14+,16-/m1/s1. The number of rotatable bonds is 5. The van der Waals surface area contributed by atoms with Gasteiger partial charge in [-0.3, -0.25) is 4.79 Å². The number of carbonyl (C=O) groups is 1. The number of amides is 1. The summed E-state index contributed by atoms with van der Waals surface area (Å²) >= 11 is 0. The van der Waals surface area contributed by atoms with Crippen LogP contribution in [-0.2, 0) is 4.79 Å². The Bertz CT molecular complexity index is 418. The Kier molecular flexibility index (Phi) is 5.60. The lowest BCUT2D eigenvalue weighted by atomic mass is 9.86. The summed E-state index contributed by atoms with van der Waals surface area (Å²) < 4.78 is 0. The molecule has 1 saturated carbocycles. The van der Waals surface area contributed by atoms with E-state index in [0.717, 1.165) is 6.42 Å². The van der Waals surface area contributed by atoms with Crippen molar-refractivity contribution in [1.82, 2.24) is 5.32 Å². The molecule has 1 fully saturated rings. The minimum absolute atomic E-state index is 0.173. The summed E-state index contributed by atoms with van der Waals surface area (Å²) in [5, 5.41) is 5.31. The zero-order valence-corrected chi connectivity index (χ0v) is 12.6. The summed E-state index contributed by atoms with van der Waals surface area (Å²) in [6, 6.07) is 11.0. The van der Waals surface area contributed by atoms with Gasteiger partial charge in [-0.05, 0) is 25.7 Å². The molecule has 0 bridgehead atoms. The topological polar surface area (TPSA) is 45.7 Å². The molecule has 0 spiro atoms. The van der Waals surface area contributed by atoms with Crippen molar-refractivity contribution < 1.29 is 10.1 Å². The Morgan fingerprint density at radius 1 is 1.30 bits per heavy atom. The van der Waals surface area contributed by atoms with Crippen molar-refractivity contribution in [3.8, 4) is 0 Å². The molecule has 1 aliphatic rings. The van der Waals surface area contributed by atoms with Gasteiger partial charge in [0.2, 0.25) is 0 Å². The normalized spacial score (nSPS) is 24.1. The summed E-state index contributed by atoms with van der Waals surface area (Å²) in [7, 11) is 0. The highest BCUT2D eigenvalue weighted by Gasteiger charge is 2.23. The Labute approximate surface area is 122 Å². The number of nitrogens with two attached hydrogens (primary N) is 1. The SMILES string of the molecule is C[C@H]([NH2+]CC(=O)N[C@@H]1CCCC[C@H]1C)c1ccccc1. The van der Waals surface area contributed by atoms with E-state index < -0.39 is 0 Å². The lowest BCUT2D eigenvalue weighted by Crippen LogP contribution is -2.87. The molecule has 0 saturated heterocycles. The van der Waals surface area contributed by atoms with Gasteiger partial charge in [0, 0.05) is 11.6 Å². The van der Waals surface area contributed by atoms with E-state index in [4.69, 9.17) is 0 Å². The highest BCUT2D eigenvalue weighted by molar-refractivity contribution is 5.77. The summed E-state index contributed by atoms with van der Waals surface area (Å²) in [6.07, 6.45) is 4.94. The number of benzene rings is 1. The van der Waals surface area contributed by atoms with Gasteiger partial charge in [0.15, 0.2) is 6.54 Å². The molecule has 20 heavy (non-hydrogen) atoms. The van der Waals surface area contributed by atoms with Crippen LogP contribution in [-0.4, -0.2) is 18.5 Å². The number of nitrogens with one attached hydrogen (secondary N) is 1. The monoisotopic (exact) mass is 275 g/mol. The molecule has 3 atom stereocenters. The van der Waals surface area contributed by atoms with E-state index in [0.29, 0.717) is 24.5 Å². The van der Waals surface area contributed by atoms with Gasteiger partial charge in [0.1, 0.15) is 6.04 Å². The van der Waals surface area contributed by atoms with Crippen LogP contribution in [0.25, 0.3) is 0 Å². The van der Waals surface area contributed by atoms with Gasteiger partial charge in [0.05, 0.1) is 0 Å². The van der Waals surface area contributed by atoms with Gasteiger partial charge < -0.3 is 10.6 Å². The molecule has 0 radical (unpaired) electrons. The van der Waals surface area contributed by atoms with Crippen molar-refractivity contribution in [2.24, 2.45) is 5.92 Å². The third-order valence-electron chi connectivity index (χ3n) is 4.44. The average Bonchev–Trinajstić information content (AvgIpc) is 2.48. The van der Waals surface area contributed by atoms with Gasteiger partial charge in [-0.25, -0.2) is 0 Å². The largest absolute Gasteiger partial charge is 0.348 e. The fraction of sp³-hybridized carbons (Fsp3) is 0.588. The van der Waals surface area contributed by atoms with E-state index in [1.165, 1.54) is 24.8 Å². The van der Waals surface area contributed by atoms with Crippen LogP contribution in [0.1, 0.15) is 51.1 Å². The molecule has 0 aliphatic heterocycles. The van der Waals surface area contributed by atoms with Gasteiger partial charge >= 0.3 is 0 Å². The average molecular weight is 275 g/mol. The molecule has 3 nitrogen and oxygen atoms in total. The molecule has 1 aromatic carbocycles. The van der Waals surface area contributed by atoms with Crippen molar-refractivity contribution in [3.05, 3.63) is 35.9 Å². The van der Waals surface area contributed by atoms with Crippen LogP contribution in [0.2, 0.25) is 0 Å². The van der Waals surface area contributed by atoms with E-state index in [2.05, 4.69) is 36.6 Å². The zero-order chi connectivity index (χ0) is 14.4. The Balaban J connectivity index is 1.74. The van der Waals surface area contributed by atoms with E-state index in [9.17, 15) is 4.79 Å². The van der Waals surface area contributed by atoms with Crippen molar-refractivity contribution in [2.75, 3.05) is 6.54 Å². The Morgan fingerprint density at radius 3 is 2.70 bits per heavy atom. The first-order chi connectivity index (χ1) is 9.66. The lowest BCUT2D eigenvalue weighted by Gasteiger charge is -2.29. The minimum Gasteiger partial charge on any atom is -0.348 e. The highest BCUT2D eigenvalue weighted by atomic mass is 16.2. The first-order valence-corrected chi connectivity index (χ1v) is 7.84. The van der Waals surface area contributed by atoms with Crippen LogP contribution >= 0.6 is 0 Å². The van der Waals surface area contributed by atoms with Crippen LogP contribution in [0, 0.1) is 5.92 Å². The first kappa shape index (κ1) is 15.0. The smallest absolute Gasteiger partial charge is 0.275 e. The molecule has 0 unspecified atom stereocenters. The molecular weight excluding hydrogens is 248 g/mol. The maximum Gasteiger partial charge on any atom is 0.275 e. The van der Waals surface area contributed by atoms with Crippen molar-refractivity contribution >= 4 is 5.91 Å². The molecule has 0 heterocycles. The van der Waals surface area contributed by atoms with Crippen molar-refractivity contribution in [3.63, 3.8) is 0 Å². The highest BCUT2D eigenvalue weighted by Crippen LogP contribution is 2.23. The van der Waals surface area contributed by atoms with E-state index in [-0.39, 0.29) is 5.91 Å². The maximum atomic E-state index is 12.1. The third-order valence-corrected chi connectivity index (χ3v) is 4.44. The molecule has 110 valence electrons. The summed E-state index contributed by atoms with van der Waals surface area (Å²) in [4.78, 5) is 12.1. The predicted octanol–water partition coefficient (Wildman–Crippen LogP) is 2.01. The van der Waals surface area contributed by atoms with Crippen molar-refractivity contribution in [1.29, 1.82) is 0 Å². The van der Waals surface area contributed by atoms with Gasteiger partial charge in [-0.1, -0.05) is 50.1 Å². The summed E-state index contributed by atoms with van der Waals surface area (Å²) in [5.74, 6) is 0.797. The fourth-order valence-corrected chi connectivity index (χ4v) is 2.97. The molecule has 1 aliphatic carbocycles. The second-order valence-electron chi connectivity index (χ2n) is 6.07. The second-order valence-corrected chi connectivity index (χ2v) is 6.07. The summed E-state index contributed by atoms with van der Waals surface area (Å²) in [5.41, 5.74) is 1.27. The number of hydrogen-bond acceptors (Lipinski definition) is 1. The van der Waals surface area contributed by atoms with Crippen LogP contribution in [0.4, 0.5) is 0 Å². The summed E-state index contributed by atoms with van der Waals surface area (Å²) in [6.45, 7) is 4.91.